The van der Waals surface area contributed by atoms with E-state index in [9.17, 15) is 9.90 Å². The van der Waals surface area contributed by atoms with E-state index >= 15 is 0 Å². The van der Waals surface area contributed by atoms with Crippen LogP contribution in [0.2, 0.25) is 0 Å². The minimum atomic E-state index is -0.295. The van der Waals surface area contributed by atoms with Gasteiger partial charge in [-0.25, -0.2) is 4.68 Å². The predicted molar refractivity (Wildman–Crippen MR) is 80.8 cm³/mol. The first kappa shape index (κ1) is 16.5. The maximum atomic E-state index is 11.9. The maximum Gasteiger partial charge on any atom is 0.283 e. The molecule has 3 N–H and O–H groups in total. The van der Waals surface area contributed by atoms with Crippen molar-refractivity contribution in [2.75, 3.05) is 24.8 Å². The van der Waals surface area contributed by atoms with Crippen molar-refractivity contribution in [3.8, 4) is 0 Å². The van der Waals surface area contributed by atoms with Gasteiger partial charge in [0, 0.05) is 11.3 Å². The van der Waals surface area contributed by atoms with Crippen molar-refractivity contribution in [3.05, 3.63) is 21.0 Å². The molecule has 1 rings (SSSR count). The number of rotatable bonds is 7. The van der Waals surface area contributed by atoms with Crippen LogP contribution in [0.25, 0.3) is 0 Å². The second-order valence-electron chi connectivity index (χ2n) is 4.01. The zero-order valence-electron chi connectivity index (χ0n) is 10.8. The number of thioether (sulfide) groups is 1. The van der Waals surface area contributed by atoms with Crippen molar-refractivity contribution < 1.29 is 10.2 Å². The van der Waals surface area contributed by atoms with Gasteiger partial charge in [0.25, 0.3) is 5.56 Å². The molecule has 0 aromatic carbocycles. The van der Waals surface area contributed by atoms with Crippen molar-refractivity contribution in [1.29, 1.82) is 0 Å². The molecule has 19 heavy (non-hydrogen) atoms. The second kappa shape index (κ2) is 7.88. The van der Waals surface area contributed by atoms with E-state index in [1.807, 2.05) is 13.2 Å². The van der Waals surface area contributed by atoms with E-state index in [0.29, 0.717) is 10.2 Å². The van der Waals surface area contributed by atoms with Gasteiger partial charge in [-0.1, -0.05) is 0 Å². The third-order valence-corrected chi connectivity index (χ3v) is 4.65. The van der Waals surface area contributed by atoms with Crippen LogP contribution in [0.5, 0.6) is 0 Å². The predicted octanol–water partition coefficient (Wildman–Crippen LogP) is 0.522. The summed E-state index contributed by atoms with van der Waals surface area (Å²) >= 11 is 4.79. The quantitative estimate of drug-likeness (QED) is 0.663. The fourth-order valence-corrected chi connectivity index (χ4v) is 2.64. The Kier molecular flexibility index (Phi) is 6.84. The Morgan fingerprint density at radius 2 is 2.26 bits per heavy atom. The number of anilines is 1. The van der Waals surface area contributed by atoms with E-state index in [2.05, 4.69) is 26.3 Å². The van der Waals surface area contributed by atoms with Crippen molar-refractivity contribution in [2.24, 2.45) is 0 Å². The van der Waals surface area contributed by atoms with Crippen molar-refractivity contribution in [3.63, 3.8) is 0 Å². The molecular formula is C11H18BrN3O3S. The van der Waals surface area contributed by atoms with Gasteiger partial charge in [-0.2, -0.15) is 16.9 Å². The van der Waals surface area contributed by atoms with E-state index in [-0.39, 0.29) is 36.6 Å². The molecule has 0 bridgehead atoms. The fourth-order valence-electron chi connectivity index (χ4n) is 1.59. The Hall–Kier alpha value is -0.570. The molecule has 0 aliphatic carbocycles. The second-order valence-corrected chi connectivity index (χ2v) is 5.88. The van der Waals surface area contributed by atoms with Crippen LogP contribution >= 0.6 is 27.7 Å². The molecule has 8 heteroatoms. The van der Waals surface area contributed by atoms with Gasteiger partial charge in [-0.3, -0.25) is 4.79 Å². The number of aromatic nitrogens is 2. The fraction of sp³-hybridized carbons (Fsp3) is 0.636. The number of hydrogen-bond donors (Lipinski definition) is 3. The zero-order chi connectivity index (χ0) is 14.4. The lowest BCUT2D eigenvalue weighted by Crippen LogP contribution is -2.33. The van der Waals surface area contributed by atoms with Crippen LogP contribution in [-0.2, 0) is 6.54 Å². The van der Waals surface area contributed by atoms with Crippen LogP contribution in [-0.4, -0.2) is 50.8 Å². The van der Waals surface area contributed by atoms with Gasteiger partial charge in [0.05, 0.1) is 31.6 Å². The summed E-state index contributed by atoms with van der Waals surface area (Å²) in [4.78, 5) is 11.9. The van der Waals surface area contributed by atoms with Crippen LogP contribution < -0.4 is 10.9 Å². The highest BCUT2D eigenvalue weighted by Gasteiger charge is 2.17. The largest absolute Gasteiger partial charge is 0.395 e. The molecular weight excluding hydrogens is 334 g/mol. The van der Waals surface area contributed by atoms with Gasteiger partial charge in [-0.05, 0) is 29.1 Å². The molecule has 1 aromatic rings. The summed E-state index contributed by atoms with van der Waals surface area (Å²) in [6.07, 6.45) is 3.46. The SMILES string of the molecule is CSC(CO)C(C)Nc1cnn(CCO)c(=O)c1Br. The molecule has 0 saturated carbocycles. The van der Waals surface area contributed by atoms with Gasteiger partial charge in [0.2, 0.25) is 0 Å². The first-order chi connectivity index (χ1) is 9.04. The Labute approximate surface area is 124 Å². The minimum absolute atomic E-state index is 0.00816. The molecule has 1 aromatic heterocycles. The third-order valence-electron chi connectivity index (χ3n) is 2.72. The van der Waals surface area contributed by atoms with E-state index in [1.54, 1.807) is 11.8 Å². The highest BCUT2D eigenvalue weighted by atomic mass is 79.9. The highest BCUT2D eigenvalue weighted by molar-refractivity contribution is 9.10. The number of aliphatic hydroxyl groups is 2. The summed E-state index contributed by atoms with van der Waals surface area (Å²) in [5, 5.41) is 25.2. The van der Waals surface area contributed by atoms with Crippen LogP contribution in [0, 0.1) is 0 Å². The lowest BCUT2D eigenvalue weighted by atomic mass is 10.2. The number of nitrogens with one attached hydrogen (secondary N) is 1. The first-order valence-corrected chi connectivity index (χ1v) is 7.89. The van der Waals surface area contributed by atoms with Gasteiger partial charge in [0.15, 0.2) is 0 Å². The molecule has 0 spiro atoms. The lowest BCUT2D eigenvalue weighted by Gasteiger charge is -2.22. The van der Waals surface area contributed by atoms with Crippen molar-refractivity contribution >= 4 is 33.4 Å². The summed E-state index contributed by atoms with van der Waals surface area (Å²) in [5.74, 6) is 0. The Morgan fingerprint density at radius 3 is 2.79 bits per heavy atom. The van der Waals surface area contributed by atoms with E-state index < -0.39 is 0 Å². The molecule has 0 saturated heterocycles. The molecule has 2 atom stereocenters. The Bertz CT molecular complexity index is 465. The van der Waals surface area contributed by atoms with E-state index in [0.717, 1.165) is 0 Å². The summed E-state index contributed by atoms with van der Waals surface area (Å²) in [5.41, 5.74) is 0.287. The molecule has 0 aliphatic heterocycles. The molecule has 108 valence electrons. The maximum absolute atomic E-state index is 11.9. The Balaban J connectivity index is 2.91. The van der Waals surface area contributed by atoms with Gasteiger partial charge >= 0.3 is 0 Å². The van der Waals surface area contributed by atoms with Crippen molar-refractivity contribution in [2.45, 2.75) is 24.8 Å². The zero-order valence-corrected chi connectivity index (χ0v) is 13.2. The average molecular weight is 352 g/mol. The van der Waals surface area contributed by atoms with Gasteiger partial charge in [0.1, 0.15) is 4.47 Å². The lowest BCUT2D eigenvalue weighted by molar-refractivity contribution is 0.266. The highest BCUT2D eigenvalue weighted by Crippen LogP contribution is 2.20. The molecule has 0 fully saturated rings. The number of nitrogens with zero attached hydrogens (tertiary/aromatic N) is 2. The van der Waals surface area contributed by atoms with Crippen molar-refractivity contribution in [1.82, 2.24) is 9.78 Å². The molecule has 0 aliphatic rings. The summed E-state index contributed by atoms with van der Waals surface area (Å²) < 4.78 is 1.57. The molecule has 2 unspecified atom stereocenters. The third kappa shape index (κ3) is 4.20. The summed E-state index contributed by atoms with van der Waals surface area (Å²) in [7, 11) is 0. The first-order valence-electron chi connectivity index (χ1n) is 5.81. The number of aliphatic hydroxyl groups excluding tert-OH is 2. The standard InChI is InChI=1S/C11H18BrN3O3S/c1-7(9(6-17)19-2)14-8-5-13-15(3-4-16)11(18)10(8)12/h5,7,9,14,16-17H,3-4,6H2,1-2H3. The monoisotopic (exact) mass is 351 g/mol. The summed E-state index contributed by atoms with van der Waals surface area (Å²) in [6.45, 7) is 2.02. The number of hydrogen-bond acceptors (Lipinski definition) is 6. The van der Waals surface area contributed by atoms with Crippen LogP contribution in [0.1, 0.15) is 6.92 Å². The normalized spacial score (nSPS) is 14.2. The van der Waals surface area contributed by atoms with Gasteiger partial charge < -0.3 is 15.5 Å². The molecule has 0 amide bonds. The summed E-state index contributed by atoms with van der Waals surface area (Å²) in [6, 6.07) is -0.00816. The molecule has 6 nitrogen and oxygen atoms in total. The molecule has 0 radical (unpaired) electrons. The number of halogens is 1. The minimum Gasteiger partial charge on any atom is -0.395 e. The van der Waals surface area contributed by atoms with E-state index in [1.165, 1.54) is 10.9 Å². The topological polar surface area (TPSA) is 87.4 Å². The smallest absolute Gasteiger partial charge is 0.283 e. The van der Waals surface area contributed by atoms with Crippen LogP contribution in [0.4, 0.5) is 5.69 Å². The van der Waals surface area contributed by atoms with Crippen LogP contribution in [0.15, 0.2) is 15.5 Å². The molecule has 1 heterocycles. The average Bonchev–Trinajstić information content (AvgIpc) is 2.40. The van der Waals surface area contributed by atoms with E-state index in [4.69, 9.17) is 5.11 Å². The van der Waals surface area contributed by atoms with Gasteiger partial charge in [-0.15, -0.1) is 0 Å². The van der Waals surface area contributed by atoms with Crippen LogP contribution in [0.3, 0.4) is 0 Å². The Morgan fingerprint density at radius 1 is 1.58 bits per heavy atom.